The van der Waals surface area contributed by atoms with Crippen LogP contribution in [0.3, 0.4) is 0 Å². The van der Waals surface area contributed by atoms with Gasteiger partial charge in [0.1, 0.15) is 29.6 Å². The van der Waals surface area contributed by atoms with E-state index >= 15 is 0 Å². The molecule has 0 aliphatic rings. The zero-order valence-corrected chi connectivity index (χ0v) is 21.2. The van der Waals surface area contributed by atoms with Crippen LogP contribution in [-0.4, -0.2) is 31.9 Å². The Hall–Kier alpha value is -4.49. The van der Waals surface area contributed by atoms with Crippen molar-refractivity contribution in [3.05, 3.63) is 126 Å². The molecule has 4 rings (SSSR count). The number of hydrogen-bond donors (Lipinski definition) is 2. The van der Waals surface area contributed by atoms with Crippen LogP contribution in [0, 0.1) is 5.82 Å². The molecule has 38 heavy (non-hydrogen) atoms. The average molecular weight is 515 g/mol. The number of benzene rings is 4. The molecule has 1 atom stereocenters. The molecule has 0 aliphatic carbocycles. The number of rotatable bonds is 11. The van der Waals surface area contributed by atoms with Crippen molar-refractivity contribution in [2.75, 3.05) is 19.0 Å². The minimum Gasteiger partial charge on any atom is -0.457 e. The Morgan fingerprint density at radius 2 is 1.45 bits per heavy atom. The highest BCUT2D eigenvalue weighted by atomic mass is 19.1. The molecular weight excluding hydrogens is 483 g/mol. The monoisotopic (exact) mass is 514 g/mol. The fraction of sp³-hybridized carbons (Fsp3) is 0.161. The van der Waals surface area contributed by atoms with Crippen LogP contribution in [0.15, 0.2) is 109 Å². The lowest BCUT2D eigenvalue weighted by molar-refractivity contribution is -0.124. The molecule has 4 aromatic rings. The molecule has 0 spiro atoms. The van der Waals surface area contributed by atoms with E-state index in [2.05, 4.69) is 10.6 Å². The third-order valence-corrected chi connectivity index (χ3v) is 5.35. The molecule has 2 N–H and O–H groups in total. The summed E-state index contributed by atoms with van der Waals surface area (Å²) < 4.78 is 24.6. The van der Waals surface area contributed by atoms with Gasteiger partial charge in [0.2, 0.25) is 5.91 Å². The van der Waals surface area contributed by atoms with Crippen molar-refractivity contribution >= 4 is 17.9 Å². The van der Waals surface area contributed by atoms with Crippen molar-refractivity contribution in [1.29, 1.82) is 0 Å². The maximum atomic E-state index is 13.5. The zero-order chi connectivity index (χ0) is 27.0. The van der Waals surface area contributed by atoms with E-state index < -0.39 is 17.8 Å². The van der Waals surface area contributed by atoms with Crippen LogP contribution in [0.4, 0.5) is 10.1 Å². The van der Waals surface area contributed by atoms with E-state index in [1.807, 2.05) is 92.0 Å². The number of carbonyl (C=O) groups excluding carboxylic acids is 2. The van der Waals surface area contributed by atoms with Crippen LogP contribution in [0.2, 0.25) is 0 Å². The van der Waals surface area contributed by atoms with Crippen molar-refractivity contribution in [1.82, 2.24) is 5.32 Å². The van der Waals surface area contributed by atoms with Gasteiger partial charge in [-0.1, -0.05) is 66.7 Å². The van der Waals surface area contributed by atoms with Gasteiger partial charge in [-0.2, -0.15) is 0 Å². The summed E-state index contributed by atoms with van der Waals surface area (Å²) in [7, 11) is 1.90. The van der Waals surface area contributed by atoms with Gasteiger partial charge in [0.05, 0.1) is 19.6 Å². The quantitative estimate of drug-likeness (QED) is 0.248. The van der Waals surface area contributed by atoms with E-state index in [1.54, 1.807) is 12.1 Å². The Kier molecular flexibility index (Phi) is 11.5. The minimum absolute atomic E-state index is 0.0708. The molecule has 196 valence electrons. The molecule has 0 aliphatic heterocycles. The lowest BCUT2D eigenvalue weighted by Gasteiger charge is -2.13. The normalized spacial score (nSPS) is 10.9. The number of ether oxygens (including phenoxy) is 2. The standard InChI is InChI=1S/C18H18FNO3.C13H13NO/c19-17-9-5-4-8-15(17)10-18(22)20-16(11-21)13-23-12-14-6-2-1-3-7-14;1-14-11-7-9-13(10-8-11)15-12-5-3-2-4-6-12/h1-9,11,16H,10,12-13H2,(H,20,22);2-10,14H,1H3. The van der Waals surface area contributed by atoms with Crippen LogP contribution in [-0.2, 0) is 27.4 Å². The number of carbonyl (C=O) groups is 2. The van der Waals surface area contributed by atoms with E-state index in [-0.39, 0.29) is 13.0 Å². The number of para-hydroxylation sites is 1. The van der Waals surface area contributed by atoms with Crippen molar-refractivity contribution in [2.45, 2.75) is 19.1 Å². The van der Waals surface area contributed by atoms with Crippen LogP contribution < -0.4 is 15.4 Å². The molecule has 0 fully saturated rings. The molecule has 7 heteroatoms. The first kappa shape index (κ1) is 28.1. The number of nitrogens with one attached hydrogen (secondary N) is 2. The fourth-order valence-electron chi connectivity index (χ4n) is 3.38. The molecule has 0 radical (unpaired) electrons. The summed E-state index contributed by atoms with van der Waals surface area (Å²) >= 11 is 0. The predicted molar refractivity (Wildman–Crippen MR) is 147 cm³/mol. The van der Waals surface area contributed by atoms with Gasteiger partial charge in [0, 0.05) is 12.7 Å². The summed E-state index contributed by atoms with van der Waals surface area (Å²) in [4.78, 5) is 22.9. The third kappa shape index (κ3) is 9.87. The van der Waals surface area contributed by atoms with Crippen molar-refractivity contribution in [2.24, 2.45) is 0 Å². The zero-order valence-electron chi connectivity index (χ0n) is 21.2. The third-order valence-electron chi connectivity index (χ3n) is 5.35. The number of aldehydes is 1. The van der Waals surface area contributed by atoms with E-state index in [1.165, 1.54) is 12.1 Å². The highest BCUT2D eigenvalue weighted by Gasteiger charge is 2.13. The molecular formula is C31H31FN2O4. The molecule has 4 aromatic carbocycles. The molecule has 0 heterocycles. The molecule has 1 amide bonds. The second kappa shape index (κ2) is 15.6. The Labute approximate surface area is 222 Å². The first-order valence-corrected chi connectivity index (χ1v) is 12.2. The summed E-state index contributed by atoms with van der Waals surface area (Å²) in [6.45, 7) is 0.426. The lowest BCUT2D eigenvalue weighted by atomic mass is 10.1. The van der Waals surface area contributed by atoms with Gasteiger partial charge in [0.15, 0.2) is 0 Å². The fourth-order valence-corrected chi connectivity index (χ4v) is 3.38. The summed E-state index contributed by atoms with van der Waals surface area (Å²) in [6.07, 6.45) is 0.500. The molecule has 6 nitrogen and oxygen atoms in total. The minimum atomic E-state index is -0.752. The van der Waals surface area contributed by atoms with Gasteiger partial charge in [-0.05, 0) is 53.6 Å². The second-order valence-electron chi connectivity index (χ2n) is 8.27. The number of anilines is 1. The number of amides is 1. The van der Waals surface area contributed by atoms with Crippen molar-refractivity contribution in [3.63, 3.8) is 0 Å². The van der Waals surface area contributed by atoms with Gasteiger partial charge in [-0.3, -0.25) is 4.79 Å². The number of hydrogen-bond acceptors (Lipinski definition) is 5. The Morgan fingerprint density at radius 1 is 0.842 bits per heavy atom. The molecule has 1 unspecified atom stereocenters. The maximum Gasteiger partial charge on any atom is 0.225 e. The summed E-state index contributed by atoms with van der Waals surface area (Å²) in [5.74, 6) is 0.844. The molecule has 0 saturated heterocycles. The summed E-state index contributed by atoms with van der Waals surface area (Å²) in [5, 5.41) is 5.59. The van der Waals surface area contributed by atoms with Crippen LogP contribution in [0.1, 0.15) is 11.1 Å². The summed E-state index contributed by atoms with van der Waals surface area (Å²) in [5.41, 5.74) is 2.35. The lowest BCUT2D eigenvalue weighted by Crippen LogP contribution is -2.40. The van der Waals surface area contributed by atoms with E-state index in [0.29, 0.717) is 18.5 Å². The van der Waals surface area contributed by atoms with Gasteiger partial charge in [-0.25, -0.2) is 4.39 Å². The van der Waals surface area contributed by atoms with E-state index in [9.17, 15) is 14.0 Å². The van der Waals surface area contributed by atoms with Crippen molar-refractivity contribution < 1.29 is 23.5 Å². The van der Waals surface area contributed by atoms with E-state index in [0.717, 1.165) is 22.7 Å². The average Bonchev–Trinajstić information content (AvgIpc) is 2.95. The van der Waals surface area contributed by atoms with Gasteiger partial charge >= 0.3 is 0 Å². The van der Waals surface area contributed by atoms with Gasteiger partial charge in [-0.15, -0.1) is 0 Å². The Bertz CT molecular complexity index is 1250. The molecule has 0 aromatic heterocycles. The predicted octanol–water partition coefficient (Wildman–Crippen LogP) is 5.79. The number of halogens is 1. The maximum absolute atomic E-state index is 13.5. The van der Waals surface area contributed by atoms with E-state index in [4.69, 9.17) is 9.47 Å². The van der Waals surface area contributed by atoms with Crippen molar-refractivity contribution in [3.8, 4) is 11.5 Å². The second-order valence-corrected chi connectivity index (χ2v) is 8.27. The van der Waals surface area contributed by atoms with Crippen LogP contribution >= 0.6 is 0 Å². The molecule has 0 bridgehead atoms. The highest BCUT2D eigenvalue weighted by molar-refractivity contribution is 5.81. The summed E-state index contributed by atoms with van der Waals surface area (Å²) in [6, 6.07) is 32.4. The topological polar surface area (TPSA) is 76.7 Å². The van der Waals surface area contributed by atoms with Crippen LogP contribution in [0.25, 0.3) is 0 Å². The van der Waals surface area contributed by atoms with Crippen LogP contribution in [0.5, 0.6) is 11.5 Å². The van der Waals surface area contributed by atoms with Gasteiger partial charge in [0.25, 0.3) is 0 Å². The smallest absolute Gasteiger partial charge is 0.225 e. The first-order chi connectivity index (χ1) is 18.6. The largest absolute Gasteiger partial charge is 0.457 e. The Balaban J connectivity index is 0.000000230. The molecule has 0 saturated carbocycles. The van der Waals surface area contributed by atoms with Gasteiger partial charge < -0.3 is 24.9 Å². The SMILES string of the molecule is CNc1ccc(Oc2ccccc2)cc1.O=CC(COCc1ccccc1)NC(=O)Cc1ccccc1F. The first-order valence-electron chi connectivity index (χ1n) is 12.2. The highest BCUT2D eigenvalue weighted by Crippen LogP contribution is 2.22. The Morgan fingerprint density at radius 3 is 2.08 bits per heavy atom.